The highest BCUT2D eigenvalue weighted by Crippen LogP contribution is 2.14. The van der Waals surface area contributed by atoms with Crippen LogP contribution in [0.25, 0.3) is 0 Å². The fourth-order valence-electron chi connectivity index (χ4n) is 0.710. The number of hydrogen-bond acceptors (Lipinski definition) is 0. The van der Waals surface area contributed by atoms with Gasteiger partial charge in [-0.05, 0) is 25.0 Å². The second-order valence-corrected chi connectivity index (χ2v) is 2.18. The first-order chi connectivity index (χ1) is 4.76. The van der Waals surface area contributed by atoms with Gasteiger partial charge in [0, 0.05) is 5.88 Å². The van der Waals surface area contributed by atoms with Gasteiger partial charge in [-0.2, -0.15) is 0 Å². The molecular weight excluding hydrogens is 151 g/mol. The highest BCUT2D eigenvalue weighted by Gasteiger charge is 1.97. The minimum absolute atomic E-state index is 0.194. The van der Waals surface area contributed by atoms with E-state index in [0.29, 0.717) is 0 Å². The van der Waals surface area contributed by atoms with Crippen LogP contribution in [0.3, 0.4) is 0 Å². The highest BCUT2D eigenvalue weighted by molar-refractivity contribution is 6.18. The molecule has 0 fully saturated rings. The first-order valence-corrected chi connectivity index (χ1v) is 3.86. The average molecular weight is 163 g/mol. The van der Waals surface area contributed by atoms with Crippen LogP contribution in [0, 0.1) is 0 Å². The van der Waals surface area contributed by atoms with Crippen LogP contribution in [0.15, 0.2) is 23.6 Å². The molecule has 0 aromatic carbocycles. The van der Waals surface area contributed by atoms with E-state index in [4.69, 9.17) is 11.6 Å². The van der Waals surface area contributed by atoms with Crippen molar-refractivity contribution in [3.8, 4) is 0 Å². The fraction of sp³-hybridized carbons (Fsp3) is 0.500. The second-order valence-electron chi connectivity index (χ2n) is 1.87. The molecular formula is C8H12ClF. The predicted molar refractivity (Wildman–Crippen MR) is 44.0 cm³/mol. The van der Waals surface area contributed by atoms with Crippen molar-refractivity contribution in [1.29, 1.82) is 0 Å². The normalized spacial score (nSPS) is 14.0. The van der Waals surface area contributed by atoms with Gasteiger partial charge in [0.15, 0.2) is 0 Å². The predicted octanol–water partition coefficient (Wildman–Crippen LogP) is 3.43. The number of hydrogen-bond donors (Lipinski definition) is 0. The Balaban J connectivity index is 4.16. The van der Waals surface area contributed by atoms with E-state index in [0.717, 1.165) is 12.0 Å². The molecule has 0 radical (unpaired) electrons. The molecule has 0 N–H and O–H groups in total. The van der Waals surface area contributed by atoms with Crippen molar-refractivity contribution in [1.82, 2.24) is 0 Å². The van der Waals surface area contributed by atoms with E-state index in [2.05, 4.69) is 0 Å². The van der Waals surface area contributed by atoms with Gasteiger partial charge < -0.3 is 0 Å². The quantitative estimate of drug-likeness (QED) is 0.441. The maximum absolute atomic E-state index is 12.8. The van der Waals surface area contributed by atoms with E-state index in [1.165, 1.54) is 6.08 Å². The van der Waals surface area contributed by atoms with Crippen LogP contribution in [0.5, 0.6) is 0 Å². The van der Waals surface area contributed by atoms with E-state index < -0.39 is 0 Å². The van der Waals surface area contributed by atoms with E-state index in [1.54, 1.807) is 6.08 Å². The summed E-state index contributed by atoms with van der Waals surface area (Å²) in [6.45, 7) is 3.73. The van der Waals surface area contributed by atoms with Crippen LogP contribution in [-0.2, 0) is 0 Å². The standard InChI is InChI=1S/C8H12ClF/c1-3-7(4-2)8(10)5-6-9/h3,5H,4,6H2,1-2H3/b7-3-,8-5+. The Labute approximate surface area is 66.4 Å². The van der Waals surface area contributed by atoms with Gasteiger partial charge in [0.05, 0.1) is 0 Å². The summed E-state index contributed by atoms with van der Waals surface area (Å²) < 4.78 is 12.8. The molecule has 0 spiro atoms. The van der Waals surface area contributed by atoms with Crippen molar-refractivity contribution in [3.63, 3.8) is 0 Å². The van der Waals surface area contributed by atoms with Gasteiger partial charge in [0.2, 0.25) is 0 Å². The van der Waals surface area contributed by atoms with Gasteiger partial charge in [0.1, 0.15) is 5.83 Å². The molecule has 58 valence electrons. The molecule has 10 heavy (non-hydrogen) atoms. The Morgan fingerprint density at radius 3 is 2.50 bits per heavy atom. The topological polar surface area (TPSA) is 0 Å². The molecule has 0 bridgehead atoms. The third-order valence-electron chi connectivity index (χ3n) is 1.29. The lowest BCUT2D eigenvalue weighted by atomic mass is 10.1. The number of alkyl halides is 1. The summed E-state index contributed by atoms with van der Waals surface area (Å²) in [5.74, 6) is 0.0448. The number of allylic oxidation sites excluding steroid dienone is 4. The van der Waals surface area contributed by atoms with Crippen LogP contribution >= 0.6 is 11.6 Å². The molecule has 0 aromatic rings. The second kappa shape index (κ2) is 5.48. The van der Waals surface area contributed by atoms with Crippen molar-refractivity contribution in [3.05, 3.63) is 23.6 Å². The van der Waals surface area contributed by atoms with E-state index >= 15 is 0 Å². The van der Waals surface area contributed by atoms with E-state index in [-0.39, 0.29) is 11.7 Å². The molecule has 0 atom stereocenters. The summed E-state index contributed by atoms with van der Waals surface area (Å²) in [6, 6.07) is 0. The van der Waals surface area contributed by atoms with Crippen molar-refractivity contribution < 1.29 is 4.39 Å². The minimum atomic E-state index is -0.194. The largest absolute Gasteiger partial charge is 0.207 e. The lowest BCUT2D eigenvalue weighted by Crippen LogP contribution is -1.81. The highest BCUT2D eigenvalue weighted by atomic mass is 35.5. The maximum atomic E-state index is 12.8. The molecule has 0 saturated carbocycles. The number of halogens is 2. The summed E-state index contributed by atoms with van der Waals surface area (Å²) in [5, 5.41) is 0. The molecule has 0 heterocycles. The van der Waals surface area contributed by atoms with Crippen LogP contribution < -0.4 is 0 Å². The zero-order valence-electron chi connectivity index (χ0n) is 6.32. The zero-order valence-corrected chi connectivity index (χ0v) is 7.08. The van der Waals surface area contributed by atoms with Gasteiger partial charge in [0.25, 0.3) is 0 Å². The molecule has 0 saturated heterocycles. The smallest absolute Gasteiger partial charge is 0.123 e. The third-order valence-corrected chi connectivity index (χ3v) is 1.45. The molecule has 2 heteroatoms. The Bertz CT molecular complexity index is 147. The summed E-state index contributed by atoms with van der Waals surface area (Å²) in [4.78, 5) is 0. The Morgan fingerprint density at radius 1 is 1.60 bits per heavy atom. The molecule has 0 aliphatic carbocycles. The summed E-state index contributed by atoms with van der Waals surface area (Å²) >= 11 is 5.31. The molecule has 0 unspecified atom stereocenters. The van der Waals surface area contributed by atoms with E-state index in [9.17, 15) is 4.39 Å². The average Bonchev–Trinajstić information content (AvgIpc) is 1.91. The van der Waals surface area contributed by atoms with Crippen molar-refractivity contribution in [2.75, 3.05) is 5.88 Å². The third kappa shape index (κ3) is 3.02. The molecule has 0 aromatic heterocycles. The van der Waals surface area contributed by atoms with Crippen molar-refractivity contribution >= 4 is 11.6 Å². The van der Waals surface area contributed by atoms with Gasteiger partial charge >= 0.3 is 0 Å². The molecule has 0 aliphatic heterocycles. The summed E-state index contributed by atoms with van der Waals surface area (Å²) in [5.41, 5.74) is 0.723. The van der Waals surface area contributed by atoms with Crippen LogP contribution in [0.2, 0.25) is 0 Å². The van der Waals surface area contributed by atoms with Crippen LogP contribution in [0.1, 0.15) is 20.3 Å². The monoisotopic (exact) mass is 162 g/mol. The Morgan fingerprint density at radius 2 is 2.20 bits per heavy atom. The first-order valence-electron chi connectivity index (χ1n) is 3.33. The summed E-state index contributed by atoms with van der Waals surface area (Å²) in [7, 11) is 0. The minimum Gasteiger partial charge on any atom is -0.207 e. The Kier molecular flexibility index (Phi) is 5.32. The zero-order chi connectivity index (χ0) is 7.98. The lowest BCUT2D eigenvalue weighted by Gasteiger charge is -1.97. The van der Waals surface area contributed by atoms with Crippen molar-refractivity contribution in [2.45, 2.75) is 20.3 Å². The maximum Gasteiger partial charge on any atom is 0.123 e. The molecule has 0 rings (SSSR count). The van der Waals surface area contributed by atoms with Gasteiger partial charge in [-0.15, -0.1) is 11.6 Å². The van der Waals surface area contributed by atoms with Crippen molar-refractivity contribution in [2.24, 2.45) is 0 Å². The fourth-order valence-corrected chi connectivity index (χ4v) is 0.845. The molecule has 0 amide bonds. The molecule has 0 aliphatic rings. The lowest BCUT2D eigenvalue weighted by molar-refractivity contribution is 0.640. The summed E-state index contributed by atoms with van der Waals surface area (Å²) in [6.07, 6.45) is 3.86. The Hall–Kier alpha value is -0.300. The van der Waals surface area contributed by atoms with Gasteiger partial charge in [-0.25, -0.2) is 4.39 Å². The SMILES string of the molecule is C/C=C(CC)\C(F)=C/CCl. The van der Waals surface area contributed by atoms with Gasteiger partial charge in [-0.3, -0.25) is 0 Å². The van der Waals surface area contributed by atoms with Gasteiger partial charge in [-0.1, -0.05) is 13.0 Å². The van der Waals surface area contributed by atoms with Crippen LogP contribution in [0.4, 0.5) is 4.39 Å². The van der Waals surface area contributed by atoms with Crippen LogP contribution in [-0.4, -0.2) is 5.88 Å². The molecule has 0 nitrogen and oxygen atoms in total. The van der Waals surface area contributed by atoms with E-state index in [1.807, 2.05) is 13.8 Å². The first kappa shape index (κ1) is 9.70. The number of rotatable bonds is 3.